The van der Waals surface area contributed by atoms with Gasteiger partial charge in [-0.15, -0.1) is 45.3 Å². The molecule has 1 N–H and O–H groups in total. The highest BCUT2D eigenvalue weighted by Gasteiger charge is 2.27. The number of thiophene rings is 4. The van der Waals surface area contributed by atoms with Gasteiger partial charge < -0.3 is 13.8 Å². The number of aromatic nitrogens is 6. The Hall–Kier alpha value is -11.9. The van der Waals surface area contributed by atoms with Crippen molar-refractivity contribution in [2.75, 3.05) is 0 Å². The van der Waals surface area contributed by atoms with Gasteiger partial charge >= 0.3 is 0 Å². The molecule has 24 rings (SSSR count). The Morgan fingerprint density at radius 3 is 1.31 bits per heavy atom. The molecule has 0 aliphatic rings. The summed E-state index contributed by atoms with van der Waals surface area (Å²) in [4.78, 5) is 23.5. The van der Waals surface area contributed by atoms with Gasteiger partial charge in [-0.3, -0.25) is 4.57 Å². The zero-order valence-electron chi connectivity index (χ0n) is 53.1. The highest BCUT2D eigenvalue weighted by atomic mass is 35.5. The molecule has 10 heterocycles. The lowest BCUT2D eigenvalue weighted by atomic mass is 10.00. The van der Waals surface area contributed by atoms with E-state index in [-0.39, 0.29) is 5.28 Å². The number of hydrogen-bond donors (Lipinski definition) is 1. The predicted molar refractivity (Wildman–Crippen MR) is 431 cm³/mol. The second-order valence-electron chi connectivity index (χ2n) is 25.5. The molecule has 0 fully saturated rings. The lowest BCUT2D eigenvalue weighted by Gasteiger charge is -2.12. The van der Waals surface area contributed by atoms with E-state index < -0.39 is 0 Å². The standard InChI is InChI=1S/C44H23N3OS2.C22H11ClN2OS.C22H13NS/c1-2-14-26-25(13-1)36-30-17-6-10-23-35(30)50-42(36)38-28-15-3-7-20-32(28)47(40(26)38)44-45-39(37-29-16-4-8-21-33(29)48-43(37)46-44)31-19-11-18-27-24-12-5-9-22-34(24)49-41(27)31;23-22-24-19(18-14-7-1-3-10-16(14)26-21(18)25-22)15-9-5-8-13-12-6-2-4-11-17(12)27-20(13)15;1-2-8-14-13(7-1)19-16-10-4-6-12-18(16)24-22(19)20-15-9-3-5-11-17(15)23-21(14)20/h1-23H;1-11H;1-12,23H. The third-order valence-electron chi connectivity index (χ3n) is 20.1. The molecule has 0 unspecified atom stereocenters. The molecule has 13 heteroatoms. The fourth-order valence-electron chi connectivity index (χ4n) is 15.9. The van der Waals surface area contributed by atoms with E-state index in [0.717, 1.165) is 66.3 Å². The first-order valence-corrected chi connectivity index (χ1v) is 37.0. The van der Waals surface area contributed by atoms with Crippen LogP contribution in [0.3, 0.4) is 0 Å². The van der Waals surface area contributed by atoms with Gasteiger partial charge in [-0.25, -0.2) is 9.97 Å². The summed E-state index contributed by atoms with van der Waals surface area (Å²) in [5.41, 5.74) is 11.2. The molecule has 0 aliphatic heterocycles. The fraction of sp³-hybridized carbons (Fsp3) is 0. The summed E-state index contributed by atoms with van der Waals surface area (Å²) in [5.74, 6) is 0.599. The summed E-state index contributed by atoms with van der Waals surface area (Å²) in [5, 5.41) is 24.5. The number of nitrogens with one attached hydrogen (secondary N) is 1. The number of furan rings is 2. The molecule has 0 atom stereocenters. The third-order valence-corrected chi connectivity index (χ3v) is 25.1. The summed E-state index contributed by atoms with van der Waals surface area (Å²) >= 11 is 13.6. The first-order valence-electron chi connectivity index (χ1n) is 33.4. The molecule has 0 saturated heterocycles. The smallest absolute Gasteiger partial charge is 0.238 e. The van der Waals surface area contributed by atoms with Crippen LogP contribution in [0, 0.1) is 0 Å². The van der Waals surface area contributed by atoms with Gasteiger partial charge in [0, 0.05) is 140 Å². The van der Waals surface area contributed by atoms with Gasteiger partial charge in [-0.05, 0) is 70.9 Å². The SMILES string of the molecule is Clc1nc(-c2cccc3c2sc2ccccc23)c2c(n1)oc1ccccc12.c1ccc2c(c1)[nH]c1c3ccccc3c3c4ccccc4sc3c21.c1ccc2c(c1)oc1nc(-n3c4ccccc4c4c5sc6ccccc6c5c5ccccc5c43)nc(-c3cccc4c3sc3ccccc34)c12. The Balaban J connectivity index is 0.000000106. The van der Waals surface area contributed by atoms with Gasteiger partial charge in [-0.2, -0.15) is 9.97 Å². The van der Waals surface area contributed by atoms with Crippen molar-refractivity contribution in [3.63, 3.8) is 0 Å². The Labute approximate surface area is 593 Å². The van der Waals surface area contributed by atoms with Crippen LogP contribution < -0.4 is 0 Å². The number of aromatic amines is 1. The minimum atomic E-state index is 0.190. The number of rotatable bonds is 3. The molecule has 8 nitrogen and oxygen atoms in total. The van der Waals surface area contributed by atoms with E-state index in [1.54, 1.807) is 11.3 Å². The van der Waals surface area contributed by atoms with E-state index in [0.29, 0.717) is 17.4 Å². The lowest BCUT2D eigenvalue weighted by molar-refractivity contribution is 0.651. The molecular weight excluding hydrogens is 1340 g/mol. The zero-order chi connectivity index (χ0) is 66.1. The average molecular weight is 1380 g/mol. The molecule has 14 aromatic carbocycles. The van der Waals surface area contributed by atoms with Gasteiger partial charge in [0.25, 0.3) is 0 Å². The minimum Gasteiger partial charge on any atom is -0.438 e. The summed E-state index contributed by atoms with van der Waals surface area (Å²) < 4.78 is 25.0. The van der Waals surface area contributed by atoms with Crippen molar-refractivity contribution in [2.24, 2.45) is 0 Å². The topological polar surface area (TPSA) is 98.6 Å². The summed E-state index contributed by atoms with van der Waals surface area (Å²) in [6.45, 7) is 0. The maximum Gasteiger partial charge on any atom is 0.238 e. The second kappa shape index (κ2) is 22.1. The number of fused-ring (bicyclic) bond motifs is 32. The lowest BCUT2D eigenvalue weighted by Crippen LogP contribution is -2.03. The van der Waals surface area contributed by atoms with Crippen LogP contribution in [0.5, 0.6) is 0 Å². The molecule has 472 valence electrons. The number of hydrogen-bond acceptors (Lipinski definition) is 10. The minimum absolute atomic E-state index is 0.190. The monoisotopic (exact) mass is 1380 g/mol. The van der Waals surface area contributed by atoms with Gasteiger partial charge in [0.05, 0.1) is 38.7 Å². The van der Waals surface area contributed by atoms with Crippen LogP contribution in [-0.4, -0.2) is 29.5 Å². The molecule has 0 bridgehead atoms. The number of nitrogens with zero attached hydrogens (tertiary/aromatic N) is 5. The van der Waals surface area contributed by atoms with Gasteiger partial charge in [0.2, 0.25) is 22.7 Å². The van der Waals surface area contributed by atoms with Crippen molar-refractivity contribution in [3.8, 4) is 28.5 Å². The van der Waals surface area contributed by atoms with Gasteiger partial charge in [0.15, 0.2) is 0 Å². The van der Waals surface area contributed by atoms with Gasteiger partial charge in [-0.1, -0.05) is 231 Å². The van der Waals surface area contributed by atoms with Crippen LogP contribution in [0.15, 0.2) is 288 Å². The molecule has 24 aromatic rings. The first kappa shape index (κ1) is 57.1. The van der Waals surface area contributed by atoms with E-state index >= 15 is 0 Å². The normalized spacial score (nSPS) is 12.2. The van der Waals surface area contributed by atoms with E-state index in [1.807, 2.05) is 70.4 Å². The van der Waals surface area contributed by atoms with Crippen LogP contribution >= 0.6 is 56.9 Å². The number of H-pyrrole nitrogens is 1. The third kappa shape index (κ3) is 8.45. The Morgan fingerprint density at radius 2 is 0.713 bits per heavy atom. The van der Waals surface area contributed by atoms with E-state index in [9.17, 15) is 0 Å². The van der Waals surface area contributed by atoms with Crippen molar-refractivity contribution in [1.29, 1.82) is 0 Å². The van der Waals surface area contributed by atoms with Crippen LogP contribution in [0.4, 0.5) is 0 Å². The molecule has 0 aliphatic carbocycles. The highest BCUT2D eigenvalue weighted by Crippen LogP contribution is 2.51. The number of benzene rings is 14. The number of halogens is 1. The van der Waals surface area contributed by atoms with Crippen molar-refractivity contribution in [2.45, 2.75) is 0 Å². The Bertz CT molecular complexity index is 7650. The zero-order valence-corrected chi connectivity index (χ0v) is 57.1. The summed E-state index contributed by atoms with van der Waals surface area (Å²) in [6, 6.07) is 98.5. The predicted octanol–water partition coefficient (Wildman–Crippen LogP) is 26.9. The van der Waals surface area contributed by atoms with Crippen molar-refractivity contribution in [1.82, 2.24) is 29.5 Å². The Morgan fingerprint density at radius 1 is 0.297 bits per heavy atom. The van der Waals surface area contributed by atoms with Crippen LogP contribution in [0.25, 0.3) is 218 Å². The summed E-state index contributed by atoms with van der Waals surface area (Å²) in [6.07, 6.45) is 0. The van der Waals surface area contributed by atoms with Crippen LogP contribution in [0.1, 0.15) is 0 Å². The van der Waals surface area contributed by atoms with Crippen molar-refractivity contribution >= 4 is 247 Å². The fourth-order valence-corrected chi connectivity index (χ4v) is 21.0. The molecule has 101 heavy (non-hydrogen) atoms. The largest absolute Gasteiger partial charge is 0.438 e. The molecular formula is C88H47ClN6O2S4. The molecule has 0 amide bonds. The molecule has 0 saturated carbocycles. The van der Waals surface area contributed by atoms with Crippen LogP contribution in [0.2, 0.25) is 5.28 Å². The first-order chi connectivity index (χ1) is 50.0. The quantitative estimate of drug-likeness (QED) is 0.177. The molecule has 0 spiro atoms. The maximum atomic E-state index is 6.59. The van der Waals surface area contributed by atoms with Crippen molar-refractivity contribution < 1.29 is 8.83 Å². The highest BCUT2D eigenvalue weighted by molar-refractivity contribution is 7.28. The summed E-state index contributed by atoms with van der Waals surface area (Å²) in [7, 11) is 0. The second-order valence-corrected chi connectivity index (χ2v) is 30.1. The van der Waals surface area contributed by atoms with Gasteiger partial charge in [0.1, 0.15) is 11.2 Å². The van der Waals surface area contributed by atoms with E-state index in [1.165, 1.54) is 135 Å². The average Bonchev–Trinajstić information content (AvgIpc) is 1.54. The number of para-hydroxylation sites is 4. The maximum absolute atomic E-state index is 6.59. The Kier molecular flexibility index (Phi) is 12.5. The van der Waals surface area contributed by atoms with Crippen LogP contribution in [-0.2, 0) is 0 Å². The van der Waals surface area contributed by atoms with Crippen molar-refractivity contribution in [3.05, 3.63) is 284 Å². The van der Waals surface area contributed by atoms with E-state index in [4.69, 9.17) is 30.4 Å². The van der Waals surface area contributed by atoms with E-state index in [2.05, 4.69) is 262 Å². The molecule has 0 radical (unpaired) electrons. The molecule has 10 aromatic heterocycles.